The quantitative estimate of drug-likeness (QED) is 0.801. The summed E-state index contributed by atoms with van der Waals surface area (Å²) in [5.41, 5.74) is 1.17. The first kappa shape index (κ1) is 14.9. The third-order valence-corrected chi connectivity index (χ3v) is 3.79. The van der Waals surface area contributed by atoms with Crippen molar-refractivity contribution in [3.63, 3.8) is 0 Å². The fourth-order valence-corrected chi connectivity index (χ4v) is 2.78. The van der Waals surface area contributed by atoms with Gasteiger partial charge in [-0.3, -0.25) is 4.90 Å². The Morgan fingerprint density at radius 3 is 2.85 bits per heavy atom. The fourth-order valence-electron chi connectivity index (χ4n) is 2.78. The maximum Gasteiger partial charge on any atom is 0.356 e. The molecule has 110 valence electrons. The summed E-state index contributed by atoms with van der Waals surface area (Å²) >= 11 is 0. The van der Waals surface area contributed by atoms with E-state index in [1.54, 1.807) is 6.07 Å². The number of rotatable bonds is 6. The molecule has 0 spiro atoms. The summed E-state index contributed by atoms with van der Waals surface area (Å²) in [6.45, 7) is 1.46. The minimum Gasteiger partial charge on any atom is -0.464 e. The molecule has 0 saturated heterocycles. The molecule has 5 nitrogen and oxygen atoms in total. The summed E-state index contributed by atoms with van der Waals surface area (Å²) in [5, 5.41) is 9.22. The topological polar surface area (TPSA) is 62.7 Å². The highest BCUT2D eigenvalue weighted by Crippen LogP contribution is 2.24. The normalized spacial score (nSPS) is 15.8. The van der Waals surface area contributed by atoms with Gasteiger partial charge in [-0.2, -0.15) is 0 Å². The van der Waals surface area contributed by atoms with Gasteiger partial charge >= 0.3 is 5.97 Å². The minimum atomic E-state index is -0.415. The number of esters is 1. The molecule has 1 aliphatic rings. The predicted octanol–water partition coefficient (Wildman–Crippen LogP) is 1.61. The molecule has 5 heteroatoms. The highest BCUT2D eigenvalue weighted by molar-refractivity contribution is 5.87. The lowest BCUT2D eigenvalue weighted by Gasteiger charge is -2.27. The highest BCUT2D eigenvalue weighted by Gasteiger charge is 2.22. The van der Waals surface area contributed by atoms with Crippen molar-refractivity contribution in [2.75, 3.05) is 20.3 Å². The summed E-state index contributed by atoms with van der Waals surface area (Å²) in [6, 6.07) is 5.90. The van der Waals surface area contributed by atoms with Crippen LogP contribution in [0.5, 0.6) is 0 Å². The summed E-state index contributed by atoms with van der Waals surface area (Å²) < 4.78 is 4.69. The maximum atomic E-state index is 11.5. The van der Waals surface area contributed by atoms with Crippen molar-refractivity contribution >= 4 is 5.97 Å². The number of nitrogens with zero attached hydrogens (tertiary/aromatic N) is 2. The molecule has 1 saturated carbocycles. The average molecular weight is 278 g/mol. The molecule has 0 bridgehead atoms. The third-order valence-electron chi connectivity index (χ3n) is 3.79. The van der Waals surface area contributed by atoms with E-state index in [4.69, 9.17) is 0 Å². The Morgan fingerprint density at radius 2 is 2.20 bits per heavy atom. The Kier molecular flexibility index (Phi) is 5.49. The first-order valence-electron chi connectivity index (χ1n) is 7.13. The van der Waals surface area contributed by atoms with Gasteiger partial charge in [0.15, 0.2) is 0 Å². The zero-order valence-electron chi connectivity index (χ0n) is 11.9. The highest BCUT2D eigenvalue weighted by atomic mass is 16.5. The second-order valence-corrected chi connectivity index (χ2v) is 5.14. The lowest BCUT2D eigenvalue weighted by atomic mass is 10.2. The van der Waals surface area contributed by atoms with Crippen LogP contribution < -0.4 is 0 Å². The van der Waals surface area contributed by atoms with Gasteiger partial charge in [-0.25, -0.2) is 9.78 Å². The molecular weight excluding hydrogens is 256 g/mol. The summed E-state index contributed by atoms with van der Waals surface area (Å²) in [7, 11) is 1.35. The molecule has 2 rings (SSSR count). The Hall–Kier alpha value is -1.46. The van der Waals surface area contributed by atoms with Gasteiger partial charge in [0.1, 0.15) is 5.69 Å². The van der Waals surface area contributed by atoms with Gasteiger partial charge in [0.25, 0.3) is 0 Å². The molecule has 0 aliphatic heterocycles. The lowest BCUT2D eigenvalue weighted by Crippen LogP contribution is -2.35. The molecule has 20 heavy (non-hydrogen) atoms. The van der Waals surface area contributed by atoms with Crippen LogP contribution in [0.4, 0.5) is 0 Å². The SMILES string of the molecule is COC(=O)c1cccc(CN(CCO)C2CCCC2)n1. The Balaban J connectivity index is 2.07. The number of hydrogen-bond donors (Lipinski definition) is 1. The number of aliphatic hydroxyl groups is 1. The van der Waals surface area contributed by atoms with Crippen LogP contribution in [-0.4, -0.2) is 47.3 Å². The summed E-state index contributed by atoms with van der Waals surface area (Å²) in [5.74, 6) is -0.415. The maximum absolute atomic E-state index is 11.5. The number of pyridine rings is 1. The van der Waals surface area contributed by atoms with Gasteiger partial charge in [0, 0.05) is 19.1 Å². The summed E-state index contributed by atoms with van der Waals surface area (Å²) in [4.78, 5) is 18.1. The van der Waals surface area contributed by atoms with Gasteiger partial charge in [-0.05, 0) is 25.0 Å². The second-order valence-electron chi connectivity index (χ2n) is 5.14. The van der Waals surface area contributed by atoms with E-state index in [0.29, 0.717) is 24.8 Å². The molecule has 1 fully saturated rings. The first-order chi connectivity index (χ1) is 9.74. The molecule has 1 heterocycles. The smallest absolute Gasteiger partial charge is 0.356 e. The molecule has 0 unspecified atom stereocenters. The van der Waals surface area contributed by atoms with E-state index in [9.17, 15) is 9.90 Å². The molecule has 1 aromatic rings. The Morgan fingerprint density at radius 1 is 1.45 bits per heavy atom. The van der Waals surface area contributed by atoms with Crippen molar-refractivity contribution in [3.05, 3.63) is 29.6 Å². The molecule has 1 aromatic heterocycles. The van der Waals surface area contributed by atoms with Crippen LogP contribution in [0.15, 0.2) is 18.2 Å². The largest absolute Gasteiger partial charge is 0.464 e. The first-order valence-corrected chi connectivity index (χ1v) is 7.13. The van der Waals surface area contributed by atoms with Crippen LogP contribution >= 0.6 is 0 Å². The predicted molar refractivity (Wildman–Crippen MR) is 75.3 cm³/mol. The monoisotopic (exact) mass is 278 g/mol. The number of carbonyl (C=O) groups excluding carboxylic acids is 1. The number of ether oxygens (including phenoxy) is 1. The zero-order valence-corrected chi connectivity index (χ0v) is 11.9. The van der Waals surface area contributed by atoms with E-state index in [1.165, 1.54) is 32.8 Å². The van der Waals surface area contributed by atoms with Crippen molar-refractivity contribution in [2.45, 2.75) is 38.3 Å². The van der Waals surface area contributed by atoms with E-state index < -0.39 is 5.97 Å². The molecule has 0 atom stereocenters. The second kappa shape index (κ2) is 7.36. The van der Waals surface area contributed by atoms with E-state index in [1.807, 2.05) is 12.1 Å². The van der Waals surface area contributed by atoms with Crippen molar-refractivity contribution in [3.8, 4) is 0 Å². The van der Waals surface area contributed by atoms with Crippen LogP contribution in [0.25, 0.3) is 0 Å². The van der Waals surface area contributed by atoms with E-state index in [2.05, 4.69) is 14.6 Å². The zero-order chi connectivity index (χ0) is 14.4. The Bertz CT molecular complexity index is 444. The van der Waals surface area contributed by atoms with Crippen LogP contribution in [0.3, 0.4) is 0 Å². The van der Waals surface area contributed by atoms with Crippen LogP contribution in [0, 0.1) is 0 Å². The standard InChI is InChI=1S/C15H22N2O3/c1-20-15(19)14-8-4-5-12(16-14)11-17(9-10-18)13-6-2-3-7-13/h4-5,8,13,18H,2-3,6-7,9-11H2,1H3. The van der Waals surface area contributed by atoms with E-state index in [-0.39, 0.29) is 6.61 Å². The molecule has 0 radical (unpaired) electrons. The lowest BCUT2D eigenvalue weighted by molar-refractivity contribution is 0.0593. The van der Waals surface area contributed by atoms with Gasteiger partial charge in [-0.1, -0.05) is 18.9 Å². The summed E-state index contributed by atoms with van der Waals surface area (Å²) in [6.07, 6.45) is 4.86. The molecular formula is C15H22N2O3. The van der Waals surface area contributed by atoms with Gasteiger partial charge in [0.05, 0.1) is 19.4 Å². The molecule has 0 aromatic carbocycles. The number of carbonyl (C=O) groups is 1. The van der Waals surface area contributed by atoms with E-state index in [0.717, 1.165) is 5.69 Å². The molecule has 1 aliphatic carbocycles. The van der Waals surface area contributed by atoms with E-state index >= 15 is 0 Å². The minimum absolute atomic E-state index is 0.146. The van der Waals surface area contributed by atoms with Crippen LogP contribution in [0.1, 0.15) is 41.9 Å². The van der Waals surface area contributed by atoms with Gasteiger partial charge in [0.2, 0.25) is 0 Å². The average Bonchev–Trinajstić information content (AvgIpc) is 3.00. The number of methoxy groups -OCH3 is 1. The third kappa shape index (κ3) is 3.77. The number of aromatic nitrogens is 1. The number of hydrogen-bond acceptors (Lipinski definition) is 5. The van der Waals surface area contributed by atoms with Gasteiger partial charge < -0.3 is 9.84 Å². The van der Waals surface area contributed by atoms with Crippen LogP contribution in [-0.2, 0) is 11.3 Å². The van der Waals surface area contributed by atoms with Crippen molar-refractivity contribution in [1.82, 2.24) is 9.88 Å². The van der Waals surface area contributed by atoms with Crippen LogP contribution in [0.2, 0.25) is 0 Å². The molecule has 1 N–H and O–H groups in total. The van der Waals surface area contributed by atoms with Crippen molar-refractivity contribution in [2.24, 2.45) is 0 Å². The Labute approximate surface area is 119 Å². The fraction of sp³-hybridized carbons (Fsp3) is 0.600. The molecule has 0 amide bonds. The van der Waals surface area contributed by atoms with Crippen molar-refractivity contribution < 1.29 is 14.6 Å². The van der Waals surface area contributed by atoms with Crippen molar-refractivity contribution in [1.29, 1.82) is 0 Å². The number of aliphatic hydroxyl groups excluding tert-OH is 1. The van der Waals surface area contributed by atoms with Gasteiger partial charge in [-0.15, -0.1) is 0 Å².